The SMILES string of the molecule is COc1ccc(-c2ccc(S(=O)(=O)C(N)(CC(C)(O)CCSc3nccn3C)C(=O)O)cc2)cc1. The van der Waals surface area contributed by atoms with E-state index < -0.39 is 32.7 Å². The zero-order valence-corrected chi connectivity index (χ0v) is 21.3. The first-order chi connectivity index (χ1) is 16.4. The molecule has 4 N–H and O–H groups in total. The summed E-state index contributed by atoms with van der Waals surface area (Å²) in [5, 5.41) is 21.4. The number of methoxy groups -OCH3 is 1. The Bertz CT molecular complexity index is 1270. The van der Waals surface area contributed by atoms with Gasteiger partial charge in [0.1, 0.15) is 5.75 Å². The van der Waals surface area contributed by atoms with Crippen LogP contribution in [0.5, 0.6) is 5.75 Å². The Kier molecular flexibility index (Phi) is 7.95. The van der Waals surface area contributed by atoms with Crippen molar-refractivity contribution in [3.05, 3.63) is 60.9 Å². The van der Waals surface area contributed by atoms with Gasteiger partial charge in [-0.05, 0) is 48.7 Å². The summed E-state index contributed by atoms with van der Waals surface area (Å²) in [5.41, 5.74) is 5.94. The van der Waals surface area contributed by atoms with Gasteiger partial charge in [0, 0.05) is 31.6 Å². The molecule has 2 unspecified atom stereocenters. The van der Waals surface area contributed by atoms with E-state index in [0.29, 0.717) is 11.5 Å². The third kappa shape index (κ3) is 5.87. The van der Waals surface area contributed by atoms with E-state index in [2.05, 4.69) is 4.98 Å². The maximum atomic E-state index is 13.4. The van der Waals surface area contributed by atoms with Gasteiger partial charge in [0.2, 0.25) is 14.7 Å². The van der Waals surface area contributed by atoms with Crippen molar-refractivity contribution in [1.82, 2.24) is 9.55 Å². The van der Waals surface area contributed by atoms with Crippen LogP contribution in [0.15, 0.2) is 71.0 Å². The number of aliphatic hydroxyl groups is 1. The summed E-state index contributed by atoms with van der Waals surface area (Å²) < 4.78 is 33.7. The number of aliphatic carboxylic acids is 1. The maximum Gasteiger partial charge on any atom is 0.340 e. The van der Waals surface area contributed by atoms with Crippen molar-refractivity contribution in [2.45, 2.75) is 40.3 Å². The van der Waals surface area contributed by atoms with E-state index in [1.165, 1.54) is 30.8 Å². The monoisotopic (exact) mass is 519 g/mol. The van der Waals surface area contributed by atoms with Crippen LogP contribution in [0.3, 0.4) is 0 Å². The van der Waals surface area contributed by atoms with E-state index >= 15 is 0 Å². The van der Waals surface area contributed by atoms with Crippen molar-refractivity contribution >= 4 is 27.6 Å². The second-order valence-electron chi connectivity index (χ2n) is 8.54. The lowest BCUT2D eigenvalue weighted by Gasteiger charge is -2.33. The summed E-state index contributed by atoms with van der Waals surface area (Å²) in [6.07, 6.45) is 2.85. The molecule has 11 heteroatoms. The fraction of sp³-hybridized carbons (Fsp3) is 0.333. The molecule has 1 heterocycles. The van der Waals surface area contributed by atoms with Crippen LogP contribution in [0.1, 0.15) is 19.8 Å². The number of ether oxygens (including phenoxy) is 1. The van der Waals surface area contributed by atoms with Crippen molar-refractivity contribution in [3.63, 3.8) is 0 Å². The third-order valence-corrected chi connectivity index (χ3v) is 8.95. The fourth-order valence-electron chi connectivity index (χ4n) is 3.61. The summed E-state index contributed by atoms with van der Waals surface area (Å²) in [7, 11) is -1.15. The van der Waals surface area contributed by atoms with E-state index in [1.807, 2.05) is 23.7 Å². The van der Waals surface area contributed by atoms with Crippen molar-refractivity contribution in [3.8, 4) is 16.9 Å². The molecule has 2 aromatic carbocycles. The number of nitrogens with zero attached hydrogens (tertiary/aromatic N) is 2. The fourth-order valence-corrected chi connectivity index (χ4v) is 6.38. The quantitative estimate of drug-likeness (QED) is 0.326. The molecular formula is C24H29N3O6S2. The molecule has 35 heavy (non-hydrogen) atoms. The number of thioether (sulfide) groups is 1. The minimum absolute atomic E-state index is 0.114. The molecule has 0 saturated carbocycles. The number of carboxylic acid groups (broad SMARTS) is 1. The normalized spacial score (nSPS) is 15.2. The molecule has 9 nitrogen and oxygen atoms in total. The topological polar surface area (TPSA) is 145 Å². The van der Waals surface area contributed by atoms with Crippen LogP contribution in [0.2, 0.25) is 0 Å². The summed E-state index contributed by atoms with van der Waals surface area (Å²) in [6, 6.07) is 13.0. The highest BCUT2D eigenvalue weighted by Gasteiger charge is 2.52. The van der Waals surface area contributed by atoms with Gasteiger partial charge in [-0.3, -0.25) is 0 Å². The van der Waals surface area contributed by atoms with Crippen LogP contribution in [0, 0.1) is 0 Å². The molecule has 3 rings (SSSR count). The van der Waals surface area contributed by atoms with Crippen molar-refractivity contribution in [1.29, 1.82) is 0 Å². The van der Waals surface area contributed by atoms with E-state index in [9.17, 15) is 23.4 Å². The molecule has 0 fully saturated rings. The number of carbonyl (C=O) groups is 1. The Hall–Kier alpha value is -2.86. The summed E-state index contributed by atoms with van der Waals surface area (Å²) in [4.78, 5) is 13.4. The predicted molar refractivity (Wildman–Crippen MR) is 134 cm³/mol. The lowest BCUT2D eigenvalue weighted by molar-refractivity contribution is -0.142. The highest BCUT2D eigenvalue weighted by molar-refractivity contribution is 7.99. The van der Waals surface area contributed by atoms with Crippen molar-refractivity contribution < 1.29 is 28.2 Å². The molecule has 0 spiro atoms. The van der Waals surface area contributed by atoms with Crippen LogP contribution in [0.4, 0.5) is 0 Å². The Balaban J connectivity index is 1.79. The Morgan fingerprint density at radius 3 is 2.20 bits per heavy atom. The third-order valence-electron chi connectivity index (χ3n) is 5.72. The van der Waals surface area contributed by atoms with Crippen LogP contribution >= 0.6 is 11.8 Å². The van der Waals surface area contributed by atoms with Gasteiger partial charge in [0.15, 0.2) is 5.16 Å². The molecule has 1 aromatic heterocycles. The number of carboxylic acids is 1. The number of aromatic nitrogens is 2. The van der Waals surface area contributed by atoms with Crippen molar-refractivity contribution in [2.24, 2.45) is 12.8 Å². The number of imidazole rings is 1. The smallest absolute Gasteiger partial charge is 0.340 e. The number of sulfone groups is 1. The van der Waals surface area contributed by atoms with Gasteiger partial charge in [-0.15, -0.1) is 0 Å². The second kappa shape index (κ2) is 10.4. The average Bonchev–Trinajstić information content (AvgIpc) is 3.23. The number of benzene rings is 2. The van der Waals surface area contributed by atoms with Crippen LogP contribution in [-0.2, 0) is 21.7 Å². The molecule has 188 valence electrons. The predicted octanol–water partition coefficient (Wildman–Crippen LogP) is 2.93. The number of nitrogens with two attached hydrogens (primary N) is 1. The van der Waals surface area contributed by atoms with Gasteiger partial charge >= 0.3 is 5.97 Å². The Morgan fingerprint density at radius 2 is 1.71 bits per heavy atom. The Morgan fingerprint density at radius 1 is 1.14 bits per heavy atom. The second-order valence-corrected chi connectivity index (χ2v) is 11.8. The molecule has 0 amide bonds. The number of hydrogen-bond acceptors (Lipinski definition) is 8. The molecule has 0 aliphatic rings. The molecule has 0 aliphatic heterocycles. The summed E-state index contributed by atoms with van der Waals surface area (Å²) >= 11 is 1.37. The van der Waals surface area contributed by atoms with Gasteiger partial charge in [-0.2, -0.15) is 0 Å². The number of rotatable bonds is 11. The first kappa shape index (κ1) is 26.7. The van der Waals surface area contributed by atoms with Gasteiger partial charge in [-0.1, -0.05) is 36.0 Å². The minimum Gasteiger partial charge on any atom is -0.497 e. The van der Waals surface area contributed by atoms with Crippen molar-refractivity contribution in [2.75, 3.05) is 12.9 Å². The minimum atomic E-state index is -4.54. The van der Waals surface area contributed by atoms with E-state index in [-0.39, 0.29) is 11.3 Å². The molecule has 0 radical (unpaired) electrons. The summed E-state index contributed by atoms with van der Waals surface area (Å²) in [6.45, 7) is 1.39. The largest absolute Gasteiger partial charge is 0.497 e. The Labute approximate surface area is 208 Å². The first-order valence-corrected chi connectivity index (χ1v) is 13.2. The molecule has 0 saturated heterocycles. The highest BCUT2D eigenvalue weighted by atomic mass is 32.2. The molecule has 2 atom stereocenters. The van der Waals surface area contributed by atoms with E-state index in [4.69, 9.17) is 10.5 Å². The molecule has 0 aliphatic carbocycles. The average molecular weight is 520 g/mol. The van der Waals surface area contributed by atoms with Crippen LogP contribution in [0.25, 0.3) is 11.1 Å². The highest BCUT2D eigenvalue weighted by Crippen LogP contribution is 2.33. The molecule has 3 aromatic rings. The zero-order chi connectivity index (χ0) is 25.9. The molecular weight excluding hydrogens is 490 g/mol. The first-order valence-electron chi connectivity index (χ1n) is 10.7. The van der Waals surface area contributed by atoms with Gasteiger partial charge in [-0.25, -0.2) is 18.2 Å². The van der Waals surface area contributed by atoms with Gasteiger partial charge in [0.05, 0.1) is 17.6 Å². The van der Waals surface area contributed by atoms with E-state index in [1.54, 1.807) is 43.8 Å². The van der Waals surface area contributed by atoms with Crippen LogP contribution < -0.4 is 10.5 Å². The van der Waals surface area contributed by atoms with Crippen LogP contribution in [-0.4, -0.2) is 57.5 Å². The lowest BCUT2D eigenvalue weighted by atomic mass is 9.94. The standard InChI is InChI=1S/C24H29N3O6S2/c1-23(30,12-15-34-22-26-13-14-27(22)2)16-24(25,21(28)29)35(31,32)20-10-6-18(7-11-20)17-4-8-19(33-3)9-5-17/h4-11,13-14,30H,12,15-16,25H2,1-3H3,(H,28,29). The number of aryl methyl sites for hydroxylation is 1. The number of hydrogen-bond donors (Lipinski definition) is 3. The maximum absolute atomic E-state index is 13.4. The molecule has 0 bridgehead atoms. The zero-order valence-electron chi connectivity index (χ0n) is 19.7. The van der Waals surface area contributed by atoms with E-state index in [0.717, 1.165) is 16.3 Å². The van der Waals surface area contributed by atoms with Gasteiger partial charge in [0.25, 0.3) is 0 Å². The summed E-state index contributed by atoms with van der Waals surface area (Å²) in [5.74, 6) is -0.647. The van der Waals surface area contributed by atoms with Gasteiger partial charge < -0.3 is 25.3 Å². The lowest BCUT2D eigenvalue weighted by Crippen LogP contribution is -2.58.